The summed E-state index contributed by atoms with van der Waals surface area (Å²) >= 11 is 3.34. The van der Waals surface area contributed by atoms with Crippen LogP contribution in [0.1, 0.15) is 12.5 Å². The number of anilines is 1. The summed E-state index contributed by atoms with van der Waals surface area (Å²) in [6.45, 7) is 3.03. The number of hydrogen-bond acceptors (Lipinski definition) is 2. The standard InChI is InChI=1S/C16H19BrN4O/c1-2-12-3-6-14(7-4-12)20-16(18)19-9-10-21-11-13(17)5-8-15(21)22/h3-8,11H,2,9-10H2,1H3,(H3,18,19,20). The van der Waals surface area contributed by atoms with E-state index < -0.39 is 0 Å². The molecule has 1 aromatic heterocycles. The largest absolute Gasteiger partial charge is 0.370 e. The summed E-state index contributed by atoms with van der Waals surface area (Å²) < 4.78 is 2.45. The van der Waals surface area contributed by atoms with Gasteiger partial charge >= 0.3 is 0 Å². The smallest absolute Gasteiger partial charge is 0.250 e. The summed E-state index contributed by atoms with van der Waals surface area (Å²) in [4.78, 5) is 15.9. The Kier molecular flexibility index (Phi) is 5.77. The van der Waals surface area contributed by atoms with E-state index in [4.69, 9.17) is 5.73 Å². The van der Waals surface area contributed by atoms with Crippen molar-refractivity contribution in [2.45, 2.75) is 19.9 Å². The van der Waals surface area contributed by atoms with Crippen molar-refractivity contribution in [3.63, 3.8) is 0 Å². The first-order chi connectivity index (χ1) is 10.6. The van der Waals surface area contributed by atoms with Crippen LogP contribution in [-0.2, 0) is 13.0 Å². The van der Waals surface area contributed by atoms with Gasteiger partial charge in [0.2, 0.25) is 0 Å². The second kappa shape index (κ2) is 7.79. The van der Waals surface area contributed by atoms with Gasteiger partial charge in [-0.2, -0.15) is 0 Å². The molecule has 0 aliphatic heterocycles. The molecule has 0 amide bonds. The van der Waals surface area contributed by atoms with Crippen molar-refractivity contribution in [2.75, 3.05) is 11.9 Å². The van der Waals surface area contributed by atoms with Crippen molar-refractivity contribution in [3.8, 4) is 0 Å². The van der Waals surface area contributed by atoms with E-state index in [2.05, 4.69) is 45.3 Å². The normalized spacial score (nSPS) is 11.5. The van der Waals surface area contributed by atoms with Crippen LogP contribution in [0.3, 0.4) is 0 Å². The molecule has 0 atom stereocenters. The Morgan fingerprint density at radius 1 is 1.27 bits per heavy atom. The number of pyridine rings is 1. The van der Waals surface area contributed by atoms with Gasteiger partial charge in [0.05, 0.1) is 6.54 Å². The first-order valence-corrected chi connectivity index (χ1v) is 7.89. The maximum atomic E-state index is 11.6. The number of nitrogens with one attached hydrogen (secondary N) is 1. The van der Waals surface area contributed by atoms with Gasteiger partial charge in [0.1, 0.15) is 0 Å². The maximum absolute atomic E-state index is 11.6. The molecule has 5 nitrogen and oxygen atoms in total. The van der Waals surface area contributed by atoms with Gasteiger partial charge in [-0.1, -0.05) is 19.1 Å². The summed E-state index contributed by atoms with van der Waals surface area (Å²) in [6, 6.07) is 11.3. The summed E-state index contributed by atoms with van der Waals surface area (Å²) in [6.07, 6.45) is 2.75. The van der Waals surface area contributed by atoms with Crippen LogP contribution in [0.15, 0.2) is 56.9 Å². The Bertz CT molecular complexity index is 707. The third-order valence-electron chi connectivity index (χ3n) is 3.21. The summed E-state index contributed by atoms with van der Waals surface area (Å²) in [5, 5.41) is 3.04. The lowest BCUT2D eigenvalue weighted by Gasteiger charge is -2.07. The number of nitrogens with zero attached hydrogens (tertiary/aromatic N) is 2. The van der Waals surface area contributed by atoms with Crippen LogP contribution in [0.2, 0.25) is 0 Å². The third-order valence-corrected chi connectivity index (χ3v) is 3.67. The van der Waals surface area contributed by atoms with E-state index in [-0.39, 0.29) is 5.56 Å². The summed E-state index contributed by atoms with van der Waals surface area (Å²) in [5.41, 5.74) is 7.97. The van der Waals surface area contributed by atoms with Crippen LogP contribution in [-0.4, -0.2) is 17.1 Å². The minimum absolute atomic E-state index is 0.0555. The molecule has 2 aromatic rings. The fraction of sp³-hybridized carbons (Fsp3) is 0.250. The van der Waals surface area contributed by atoms with Gasteiger partial charge in [-0.25, -0.2) is 0 Å². The van der Waals surface area contributed by atoms with E-state index in [1.165, 1.54) is 11.6 Å². The van der Waals surface area contributed by atoms with Gasteiger partial charge in [-0.15, -0.1) is 0 Å². The van der Waals surface area contributed by atoms with Gasteiger partial charge in [0.15, 0.2) is 5.96 Å². The average Bonchev–Trinajstić information content (AvgIpc) is 2.51. The van der Waals surface area contributed by atoms with Crippen LogP contribution in [0.5, 0.6) is 0 Å². The van der Waals surface area contributed by atoms with Crippen LogP contribution in [0.25, 0.3) is 0 Å². The van der Waals surface area contributed by atoms with Crippen LogP contribution >= 0.6 is 15.9 Å². The Morgan fingerprint density at radius 2 is 2.00 bits per heavy atom. The lowest BCUT2D eigenvalue weighted by Crippen LogP contribution is -2.25. The molecule has 0 aliphatic rings. The van der Waals surface area contributed by atoms with Crippen molar-refractivity contribution >= 4 is 27.6 Å². The highest BCUT2D eigenvalue weighted by Crippen LogP contribution is 2.09. The lowest BCUT2D eigenvalue weighted by atomic mass is 10.1. The number of guanidine groups is 1. The monoisotopic (exact) mass is 362 g/mol. The first kappa shape index (κ1) is 16.3. The molecule has 2 rings (SSSR count). The van der Waals surface area contributed by atoms with E-state index in [1.807, 2.05) is 12.1 Å². The van der Waals surface area contributed by atoms with E-state index in [0.29, 0.717) is 19.0 Å². The predicted octanol–water partition coefficient (Wildman–Crippen LogP) is 2.60. The molecule has 0 bridgehead atoms. The Morgan fingerprint density at radius 3 is 2.68 bits per heavy atom. The van der Waals surface area contributed by atoms with Crippen molar-refractivity contribution in [1.29, 1.82) is 0 Å². The lowest BCUT2D eigenvalue weighted by molar-refractivity contribution is 0.679. The number of aliphatic imine (C=N–C) groups is 1. The summed E-state index contributed by atoms with van der Waals surface area (Å²) in [5.74, 6) is 0.340. The van der Waals surface area contributed by atoms with Gasteiger partial charge in [0.25, 0.3) is 5.56 Å². The van der Waals surface area contributed by atoms with E-state index in [0.717, 1.165) is 16.6 Å². The first-order valence-electron chi connectivity index (χ1n) is 7.10. The Balaban J connectivity index is 1.92. The zero-order valence-electron chi connectivity index (χ0n) is 12.4. The third kappa shape index (κ3) is 4.73. The van der Waals surface area contributed by atoms with Crippen molar-refractivity contribution in [3.05, 3.63) is 63.0 Å². The topological polar surface area (TPSA) is 72.4 Å². The molecule has 1 aromatic carbocycles. The minimum Gasteiger partial charge on any atom is -0.370 e. The molecule has 0 aliphatic carbocycles. The molecule has 0 radical (unpaired) electrons. The van der Waals surface area contributed by atoms with E-state index in [9.17, 15) is 4.79 Å². The molecule has 1 heterocycles. The van der Waals surface area contributed by atoms with Crippen molar-refractivity contribution < 1.29 is 0 Å². The molecule has 0 saturated carbocycles. The fourth-order valence-corrected chi connectivity index (χ4v) is 2.35. The van der Waals surface area contributed by atoms with Crippen molar-refractivity contribution in [2.24, 2.45) is 10.7 Å². The number of aromatic nitrogens is 1. The highest BCUT2D eigenvalue weighted by atomic mass is 79.9. The van der Waals surface area contributed by atoms with Crippen LogP contribution in [0.4, 0.5) is 5.69 Å². The van der Waals surface area contributed by atoms with Gasteiger partial charge < -0.3 is 15.6 Å². The highest BCUT2D eigenvalue weighted by Gasteiger charge is 1.98. The second-order valence-corrected chi connectivity index (χ2v) is 5.74. The molecule has 0 fully saturated rings. The fourth-order valence-electron chi connectivity index (χ4n) is 1.97. The molecule has 22 heavy (non-hydrogen) atoms. The molecule has 0 saturated heterocycles. The molecule has 6 heteroatoms. The SMILES string of the molecule is CCc1ccc(NC(N)=NCCn2cc(Br)ccc2=O)cc1. The molecule has 0 spiro atoms. The Hall–Kier alpha value is -2.08. The average molecular weight is 363 g/mol. The minimum atomic E-state index is -0.0555. The second-order valence-electron chi connectivity index (χ2n) is 4.82. The number of aryl methyl sites for hydroxylation is 1. The molecule has 0 unspecified atom stereocenters. The van der Waals surface area contributed by atoms with Crippen LogP contribution in [0, 0.1) is 0 Å². The molecular weight excluding hydrogens is 344 g/mol. The molecule has 3 N–H and O–H groups in total. The molecule has 116 valence electrons. The van der Waals surface area contributed by atoms with E-state index >= 15 is 0 Å². The van der Waals surface area contributed by atoms with Gasteiger partial charge in [0, 0.05) is 29.0 Å². The van der Waals surface area contributed by atoms with E-state index in [1.54, 1.807) is 16.8 Å². The maximum Gasteiger partial charge on any atom is 0.250 e. The van der Waals surface area contributed by atoms with Crippen molar-refractivity contribution in [1.82, 2.24) is 4.57 Å². The molecular formula is C16H19BrN4O. The number of nitrogens with two attached hydrogens (primary N) is 1. The zero-order chi connectivity index (χ0) is 15.9. The van der Waals surface area contributed by atoms with Gasteiger partial charge in [-0.05, 0) is 46.1 Å². The number of benzene rings is 1. The Labute approximate surface area is 138 Å². The zero-order valence-corrected chi connectivity index (χ0v) is 14.0. The van der Waals surface area contributed by atoms with Crippen LogP contribution < -0.4 is 16.6 Å². The number of rotatable bonds is 5. The predicted molar refractivity (Wildman–Crippen MR) is 94.3 cm³/mol. The van der Waals surface area contributed by atoms with Gasteiger partial charge in [-0.3, -0.25) is 9.79 Å². The number of hydrogen-bond donors (Lipinski definition) is 2. The highest BCUT2D eigenvalue weighted by molar-refractivity contribution is 9.10. The quantitative estimate of drug-likeness (QED) is 0.634. The number of halogens is 1. The summed E-state index contributed by atoms with van der Waals surface area (Å²) in [7, 11) is 0.